The minimum absolute atomic E-state index is 0.161. The van der Waals surface area contributed by atoms with E-state index in [0.29, 0.717) is 16.9 Å². The van der Waals surface area contributed by atoms with Crippen molar-refractivity contribution >= 4 is 23.5 Å². The van der Waals surface area contributed by atoms with Crippen LogP contribution in [0, 0.1) is 5.82 Å². The molecule has 92 valence electrons. The van der Waals surface area contributed by atoms with E-state index in [1.165, 1.54) is 17.8 Å². The third-order valence-corrected chi connectivity index (χ3v) is 2.90. The van der Waals surface area contributed by atoms with Crippen LogP contribution in [0.15, 0.2) is 23.4 Å². The molecule has 1 amide bonds. The Balaban J connectivity index is 2.79. The molecular weight excluding hydrogens is 245 g/mol. The number of halogens is 1. The summed E-state index contributed by atoms with van der Waals surface area (Å²) in [6, 6.07) is 4.07. The van der Waals surface area contributed by atoms with Crippen LogP contribution in [0.25, 0.3) is 0 Å². The molecule has 0 saturated carbocycles. The van der Waals surface area contributed by atoms with E-state index in [1.54, 1.807) is 6.07 Å². The molecule has 7 heteroatoms. The number of hydrogen-bond donors (Lipinski definition) is 3. The van der Waals surface area contributed by atoms with E-state index in [-0.39, 0.29) is 11.6 Å². The lowest BCUT2D eigenvalue weighted by atomic mass is 10.1. The number of primary amides is 1. The SMILES string of the molecule is NC(=O)CSCc1cc(F)cc(/C(N)=N/O)c1. The van der Waals surface area contributed by atoms with Gasteiger partial charge in [0, 0.05) is 11.3 Å². The summed E-state index contributed by atoms with van der Waals surface area (Å²) in [5.41, 5.74) is 11.3. The van der Waals surface area contributed by atoms with Crippen LogP contribution in [0.5, 0.6) is 0 Å². The van der Waals surface area contributed by atoms with Gasteiger partial charge in [-0.25, -0.2) is 4.39 Å². The van der Waals surface area contributed by atoms with Crippen LogP contribution in [0.4, 0.5) is 4.39 Å². The van der Waals surface area contributed by atoms with Crippen molar-refractivity contribution in [3.63, 3.8) is 0 Å². The number of thioether (sulfide) groups is 1. The van der Waals surface area contributed by atoms with Crippen molar-refractivity contribution in [1.82, 2.24) is 0 Å². The number of benzene rings is 1. The number of rotatable bonds is 5. The summed E-state index contributed by atoms with van der Waals surface area (Å²) in [6.45, 7) is 0. The maximum absolute atomic E-state index is 13.2. The first kappa shape index (κ1) is 13.3. The molecule has 0 spiro atoms. The van der Waals surface area contributed by atoms with Gasteiger partial charge in [0.25, 0.3) is 0 Å². The fraction of sp³-hybridized carbons (Fsp3) is 0.200. The normalized spacial score (nSPS) is 11.5. The molecule has 0 saturated heterocycles. The lowest BCUT2D eigenvalue weighted by Crippen LogP contribution is -2.14. The second kappa shape index (κ2) is 6.09. The summed E-state index contributed by atoms with van der Waals surface area (Å²) < 4.78 is 13.2. The highest BCUT2D eigenvalue weighted by Gasteiger charge is 2.05. The van der Waals surface area contributed by atoms with Crippen LogP contribution in [-0.4, -0.2) is 22.7 Å². The van der Waals surface area contributed by atoms with Crippen LogP contribution >= 0.6 is 11.8 Å². The van der Waals surface area contributed by atoms with Gasteiger partial charge in [0.2, 0.25) is 5.91 Å². The zero-order valence-corrected chi connectivity index (χ0v) is 9.71. The Labute approximate surface area is 102 Å². The molecular formula is C10H12FN3O2S. The number of carbonyl (C=O) groups excluding carboxylic acids is 1. The van der Waals surface area contributed by atoms with Crippen molar-refractivity contribution in [3.05, 3.63) is 35.1 Å². The molecule has 5 N–H and O–H groups in total. The summed E-state index contributed by atoms with van der Waals surface area (Å²) in [5, 5.41) is 11.3. The molecule has 0 aromatic heterocycles. The van der Waals surface area contributed by atoms with Gasteiger partial charge in [-0.05, 0) is 23.8 Å². The van der Waals surface area contributed by atoms with E-state index in [9.17, 15) is 9.18 Å². The zero-order chi connectivity index (χ0) is 12.8. The molecule has 1 rings (SSSR count). The average molecular weight is 257 g/mol. The van der Waals surface area contributed by atoms with Gasteiger partial charge in [-0.2, -0.15) is 0 Å². The number of amides is 1. The van der Waals surface area contributed by atoms with Crippen molar-refractivity contribution in [3.8, 4) is 0 Å². The van der Waals surface area contributed by atoms with Crippen molar-refractivity contribution in [2.75, 3.05) is 5.75 Å². The molecule has 0 atom stereocenters. The van der Waals surface area contributed by atoms with E-state index in [2.05, 4.69) is 5.16 Å². The van der Waals surface area contributed by atoms with Crippen molar-refractivity contribution in [2.24, 2.45) is 16.6 Å². The number of nitrogens with two attached hydrogens (primary N) is 2. The van der Waals surface area contributed by atoms with Crippen molar-refractivity contribution in [1.29, 1.82) is 0 Å². The Morgan fingerprint density at radius 3 is 2.71 bits per heavy atom. The minimum atomic E-state index is -0.483. The lowest BCUT2D eigenvalue weighted by molar-refractivity contribution is -0.115. The summed E-state index contributed by atoms with van der Waals surface area (Å²) in [6.07, 6.45) is 0. The third-order valence-electron chi connectivity index (χ3n) is 1.87. The summed E-state index contributed by atoms with van der Waals surface area (Å²) in [7, 11) is 0. The smallest absolute Gasteiger partial charge is 0.227 e. The quantitative estimate of drug-likeness (QED) is 0.312. The molecule has 1 aromatic carbocycles. The van der Waals surface area contributed by atoms with Crippen LogP contribution in [0.1, 0.15) is 11.1 Å². The lowest BCUT2D eigenvalue weighted by Gasteiger charge is -2.04. The highest BCUT2D eigenvalue weighted by Crippen LogP contribution is 2.15. The van der Waals surface area contributed by atoms with Gasteiger partial charge in [0.05, 0.1) is 5.75 Å². The summed E-state index contributed by atoms with van der Waals surface area (Å²) >= 11 is 1.27. The van der Waals surface area contributed by atoms with Crippen LogP contribution in [0.3, 0.4) is 0 Å². The Morgan fingerprint density at radius 2 is 2.12 bits per heavy atom. The van der Waals surface area contributed by atoms with Crippen LogP contribution in [-0.2, 0) is 10.5 Å². The van der Waals surface area contributed by atoms with E-state index < -0.39 is 11.7 Å². The zero-order valence-electron chi connectivity index (χ0n) is 8.89. The molecule has 0 fully saturated rings. The second-order valence-corrected chi connectivity index (χ2v) is 4.28. The van der Waals surface area contributed by atoms with Crippen molar-refractivity contribution in [2.45, 2.75) is 5.75 Å². The number of oxime groups is 1. The number of amidine groups is 1. The first-order valence-corrected chi connectivity index (χ1v) is 5.82. The Morgan fingerprint density at radius 1 is 1.41 bits per heavy atom. The predicted molar refractivity (Wildman–Crippen MR) is 64.3 cm³/mol. The van der Waals surface area contributed by atoms with Gasteiger partial charge < -0.3 is 16.7 Å². The molecule has 5 nitrogen and oxygen atoms in total. The second-order valence-electron chi connectivity index (χ2n) is 3.29. The molecule has 0 bridgehead atoms. The van der Waals surface area contributed by atoms with Crippen LogP contribution in [0.2, 0.25) is 0 Å². The van der Waals surface area contributed by atoms with E-state index in [4.69, 9.17) is 16.7 Å². The van der Waals surface area contributed by atoms with Gasteiger partial charge >= 0.3 is 0 Å². The maximum Gasteiger partial charge on any atom is 0.227 e. The third kappa shape index (κ3) is 4.31. The molecule has 0 aliphatic carbocycles. The van der Waals surface area contributed by atoms with Gasteiger partial charge in [0.1, 0.15) is 5.82 Å². The molecule has 0 radical (unpaired) electrons. The summed E-state index contributed by atoms with van der Waals surface area (Å²) in [4.78, 5) is 10.5. The number of carbonyl (C=O) groups is 1. The largest absolute Gasteiger partial charge is 0.409 e. The van der Waals surface area contributed by atoms with Gasteiger partial charge in [-0.1, -0.05) is 5.16 Å². The first-order valence-electron chi connectivity index (χ1n) is 4.66. The molecule has 0 aliphatic rings. The topological polar surface area (TPSA) is 102 Å². The number of hydrogen-bond acceptors (Lipinski definition) is 4. The summed E-state index contributed by atoms with van der Waals surface area (Å²) in [5.74, 6) is -0.487. The monoisotopic (exact) mass is 257 g/mol. The van der Waals surface area contributed by atoms with E-state index >= 15 is 0 Å². The Bertz CT molecular complexity index is 451. The highest BCUT2D eigenvalue weighted by molar-refractivity contribution is 7.99. The Kier molecular flexibility index (Phi) is 4.77. The first-order chi connectivity index (χ1) is 8.02. The molecule has 17 heavy (non-hydrogen) atoms. The van der Waals surface area contributed by atoms with E-state index in [1.807, 2.05) is 0 Å². The van der Waals surface area contributed by atoms with Crippen LogP contribution < -0.4 is 11.5 Å². The van der Waals surface area contributed by atoms with Crippen molar-refractivity contribution < 1.29 is 14.4 Å². The Hall–Kier alpha value is -1.76. The fourth-order valence-corrected chi connectivity index (χ4v) is 1.91. The standard InChI is InChI=1S/C10H12FN3O2S/c11-8-2-6(4-17-5-9(12)15)1-7(3-8)10(13)14-16/h1-3,16H,4-5H2,(H2,12,15)(H2,13,14). The fourth-order valence-electron chi connectivity index (χ4n) is 1.21. The molecule has 0 heterocycles. The average Bonchev–Trinajstić information content (AvgIpc) is 2.26. The molecule has 0 unspecified atom stereocenters. The van der Waals surface area contributed by atoms with E-state index in [0.717, 1.165) is 6.07 Å². The minimum Gasteiger partial charge on any atom is -0.409 e. The van der Waals surface area contributed by atoms with Gasteiger partial charge in [-0.3, -0.25) is 4.79 Å². The molecule has 1 aromatic rings. The predicted octanol–water partition coefficient (Wildman–Crippen LogP) is 0.639. The maximum atomic E-state index is 13.2. The highest BCUT2D eigenvalue weighted by atomic mass is 32.2. The number of nitrogens with zero attached hydrogens (tertiary/aromatic N) is 1. The molecule has 0 aliphatic heterocycles. The van der Waals surface area contributed by atoms with Gasteiger partial charge in [-0.15, -0.1) is 11.8 Å². The van der Waals surface area contributed by atoms with Gasteiger partial charge in [0.15, 0.2) is 5.84 Å².